The first-order valence-electron chi connectivity index (χ1n) is 11.8. The molecule has 0 spiro atoms. The lowest BCUT2D eigenvalue weighted by atomic mass is 9.79. The van der Waals surface area contributed by atoms with E-state index in [0.717, 1.165) is 5.69 Å². The number of ether oxygens (including phenoxy) is 3. The van der Waals surface area contributed by atoms with Crippen molar-refractivity contribution >= 4 is 44.3 Å². The summed E-state index contributed by atoms with van der Waals surface area (Å²) in [6.45, 7) is 1.70. The van der Waals surface area contributed by atoms with Gasteiger partial charge in [-0.15, -0.1) is 0 Å². The van der Waals surface area contributed by atoms with Gasteiger partial charge in [0.1, 0.15) is 16.9 Å². The highest BCUT2D eigenvalue weighted by Crippen LogP contribution is 2.57. The highest BCUT2D eigenvalue weighted by Gasteiger charge is 2.39. The van der Waals surface area contributed by atoms with Crippen molar-refractivity contribution in [2.45, 2.75) is 19.4 Å². The number of aromatic hydroxyl groups is 2. The van der Waals surface area contributed by atoms with E-state index in [9.17, 15) is 19.8 Å². The Kier molecular flexibility index (Phi) is 4.62. The third-order valence-electron chi connectivity index (χ3n) is 7.64. The maximum Gasteiger partial charge on any atom is 0.262 e. The van der Waals surface area contributed by atoms with Gasteiger partial charge in [0.05, 0.1) is 29.0 Å². The van der Waals surface area contributed by atoms with Gasteiger partial charge < -0.3 is 33.4 Å². The predicted molar refractivity (Wildman–Crippen MR) is 141 cm³/mol. The summed E-state index contributed by atoms with van der Waals surface area (Å²) < 4.78 is 24.7. The van der Waals surface area contributed by atoms with E-state index >= 15 is 0 Å². The van der Waals surface area contributed by atoms with Crippen molar-refractivity contribution in [3.63, 3.8) is 0 Å². The molecule has 0 fully saturated rings. The molecule has 1 aliphatic heterocycles. The summed E-state index contributed by atoms with van der Waals surface area (Å²) in [6, 6.07) is 6.64. The highest BCUT2D eigenvalue weighted by molar-refractivity contribution is 6.33. The van der Waals surface area contributed by atoms with E-state index in [-0.39, 0.29) is 73.1 Å². The van der Waals surface area contributed by atoms with Crippen molar-refractivity contribution in [2.75, 3.05) is 13.9 Å². The van der Waals surface area contributed by atoms with Gasteiger partial charge in [0.25, 0.3) is 5.56 Å². The molecule has 1 atom stereocenters. The molecule has 0 saturated carbocycles. The molecular formula is C28H20ClNO8. The minimum absolute atomic E-state index is 0.0166. The SMILES string of the molecule is COc1c(Cl)ccc2c(=O)c3c(O)c4c5c(c3oc12)OCOC5Cc1cc2cc(C)n(C)c(=O)c2c(O)c1-4. The molecule has 1 aliphatic carbocycles. The number of benzene rings is 3. The normalized spacial score (nSPS) is 15.9. The zero-order valence-corrected chi connectivity index (χ0v) is 21.2. The number of phenolic OH excluding ortho intramolecular Hbond substituents is 2. The Labute approximate surface area is 219 Å². The average molecular weight is 534 g/mol. The third kappa shape index (κ3) is 2.74. The van der Waals surface area contributed by atoms with Gasteiger partial charge in [-0.3, -0.25) is 9.59 Å². The van der Waals surface area contributed by atoms with Crippen LogP contribution >= 0.6 is 11.6 Å². The standard InChI is InChI=1S/C28H20ClNO8/c1-10-6-11-7-12-8-15-18-19(16(12)22(32)17(11)28(34)30(10)2)23(33)20-21(31)13-4-5-14(29)25(35-3)24(13)38-27(20)26(18)37-9-36-15/h4-7,15,32-33H,8-9H2,1-3H3. The lowest BCUT2D eigenvalue weighted by molar-refractivity contribution is -0.0590. The van der Waals surface area contributed by atoms with Crippen LogP contribution in [0.4, 0.5) is 0 Å². The molecule has 5 aromatic rings. The Hall–Kier alpha value is -4.21. The number of rotatable bonds is 1. The van der Waals surface area contributed by atoms with E-state index in [1.165, 1.54) is 23.8 Å². The second kappa shape index (κ2) is 7.66. The summed E-state index contributed by atoms with van der Waals surface area (Å²) in [7, 11) is 3.04. The van der Waals surface area contributed by atoms with E-state index in [1.807, 2.05) is 19.1 Å². The molecule has 1 unspecified atom stereocenters. The Morgan fingerprint density at radius 2 is 1.84 bits per heavy atom. The molecule has 0 radical (unpaired) electrons. The predicted octanol–water partition coefficient (Wildman–Crippen LogP) is 4.81. The van der Waals surface area contributed by atoms with Crippen LogP contribution in [-0.4, -0.2) is 28.7 Å². The lowest BCUT2D eigenvalue weighted by Gasteiger charge is -2.34. The number of fused-ring (bicyclic) bond motifs is 6. The fraction of sp³-hybridized carbons (Fsp3) is 0.214. The molecule has 2 N–H and O–H groups in total. The summed E-state index contributed by atoms with van der Waals surface area (Å²) in [4.78, 5) is 26.9. The smallest absolute Gasteiger partial charge is 0.262 e. The van der Waals surface area contributed by atoms with Crippen molar-refractivity contribution in [2.24, 2.45) is 7.05 Å². The number of hydrogen-bond acceptors (Lipinski definition) is 8. The number of methoxy groups -OCH3 is 1. The maximum atomic E-state index is 13.8. The van der Waals surface area contributed by atoms with Gasteiger partial charge in [-0.2, -0.15) is 0 Å². The zero-order valence-electron chi connectivity index (χ0n) is 20.5. The van der Waals surface area contributed by atoms with Crippen LogP contribution in [0.15, 0.2) is 38.3 Å². The van der Waals surface area contributed by atoms with Gasteiger partial charge in [-0.25, -0.2) is 0 Å². The van der Waals surface area contributed by atoms with Crippen LogP contribution in [0.3, 0.4) is 0 Å². The number of aryl methyl sites for hydroxylation is 1. The Morgan fingerprint density at radius 3 is 2.61 bits per heavy atom. The molecule has 10 heteroatoms. The topological polar surface area (TPSA) is 120 Å². The molecule has 9 nitrogen and oxygen atoms in total. The Morgan fingerprint density at radius 1 is 1.08 bits per heavy atom. The molecule has 0 bridgehead atoms. The monoisotopic (exact) mass is 533 g/mol. The fourth-order valence-corrected chi connectivity index (χ4v) is 5.99. The zero-order chi connectivity index (χ0) is 26.6. The van der Waals surface area contributed by atoms with Gasteiger partial charge in [-0.1, -0.05) is 11.6 Å². The van der Waals surface area contributed by atoms with E-state index in [4.69, 9.17) is 30.2 Å². The van der Waals surface area contributed by atoms with E-state index < -0.39 is 17.3 Å². The van der Waals surface area contributed by atoms with Gasteiger partial charge in [0.15, 0.2) is 29.5 Å². The first kappa shape index (κ1) is 22.9. The number of aromatic nitrogens is 1. The largest absolute Gasteiger partial charge is 0.506 e. The van der Waals surface area contributed by atoms with Crippen LogP contribution < -0.4 is 20.5 Å². The Balaban J connectivity index is 1.69. The fourth-order valence-electron chi connectivity index (χ4n) is 5.76. The van der Waals surface area contributed by atoms with Crippen LogP contribution in [0.5, 0.6) is 23.0 Å². The molecule has 38 heavy (non-hydrogen) atoms. The Bertz CT molecular complexity index is 2020. The molecule has 0 amide bonds. The van der Waals surface area contributed by atoms with E-state index in [2.05, 4.69) is 0 Å². The van der Waals surface area contributed by atoms with Crippen LogP contribution in [0, 0.1) is 6.92 Å². The van der Waals surface area contributed by atoms with Crippen molar-refractivity contribution < 1.29 is 28.8 Å². The van der Waals surface area contributed by atoms with E-state index in [0.29, 0.717) is 22.9 Å². The van der Waals surface area contributed by atoms with Crippen molar-refractivity contribution in [3.8, 4) is 34.1 Å². The number of nitrogens with zero attached hydrogens (tertiary/aromatic N) is 1. The molecule has 192 valence electrons. The molecule has 0 saturated heterocycles. The average Bonchev–Trinajstić information content (AvgIpc) is 2.89. The molecule has 2 aliphatic rings. The maximum absolute atomic E-state index is 13.8. The van der Waals surface area contributed by atoms with Crippen molar-refractivity contribution in [1.29, 1.82) is 0 Å². The van der Waals surface area contributed by atoms with Gasteiger partial charge in [0, 0.05) is 35.9 Å². The molecular weight excluding hydrogens is 514 g/mol. The minimum Gasteiger partial charge on any atom is -0.506 e. The molecule has 3 heterocycles. The number of phenols is 2. The minimum atomic E-state index is -0.553. The molecule has 3 aromatic carbocycles. The second-order valence-electron chi connectivity index (χ2n) is 9.55. The summed E-state index contributed by atoms with van der Waals surface area (Å²) in [6.07, 6.45) is -0.211. The van der Waals surface area contributed by atoms with E-state index in [1.54, 1.807) is 7.05 Å². The molecule has 2 aromatic heterocycles. The summed E-state index contributed by atoms with van der Waals surface area (Å²) in [5.41, 5.74) is 1.48. The lowest BCUT2D eigenvalue weighted by Crippen LogP contribution is -2.25. The third-order valence-corrected chi connectivity index (χ3v) is 7.94. The summed E-state index contributed by atoms with van der Waals surface area (Å²) >= 11 is 6.27. The van der Waals surface area contributed by atoms with Gasteiger partial charge in [-0.05, 0) is 42.1 Å². The van der Waals surface area contributed by atoms with Crippen LogP contribution in [0.25, 0.3) is 43.8 Å². The summed E-state index contributed by atoms with van der Waals surface area (Å²) in [5, 5.41) is 24.1. The van der Waals surface area contributed by atoms with Crippen molar-refractivity contribution in [1.82, 2.24) is 4.57 Å². The second-order valence-corrected chi connectivity index (χ2v) is 9.96. The number of halogens is 1. The van der Waals surface area contributed by atoms with Crippen LogP contribution in [-0.2, 0) is 18.2 Å². The first-order chi connectivity index (χ1) is 18.2. The molecule has 7 rings (SSSR count). The number of pyridine rings is 1. The summed E-state index contributed by atoms with van der Waals surface area (Å²) in [5.74, 6) is -0.289. The van der Waals surface area contributed by atoms with Crippen LogP contribution in [0.2, 0.25) is 5.02 Å². The van der Waals surface area contributed by atoms with Crippen LogP contribution in [0.1, 0.15) is 22.9 Å². The van der Waals surface area contributed by atoms with Gasteiger partial charge in [0.2, 0.25) is 5.43 Å². The van der Waals surface area contributed by atoms with Crippen molar-refractivity contribution in [3.05, 3.63) is 66.7 Å². The first-order valence-corrected chi connectivity index (χ1v) is 12.2. The number of hydrogen-bond donors (Lipinski definition) is 2. The quantitative estimate of drug-likeness (QED) is 0.294. The van der Waals surface area contributed by atoms with Gasteiger partial charge >= 0.3 is 0 Å². The highest BCUT2D eigenvalue weighted by atomic mass is 35.5.